The van der Waals surface area contributed by atoms with Gasteiger partial charge in [-0.3, -0.25) is 9.78 Å². The van der Waals surface area contributed by atoms with Crippen molar-refractivity contribution >= 4 is 27.4 Å². The van der Waals surface area contributed by atoms with Crippen molar-refractivity contribution in [2.24, 2.45) is 0 Å². The summed E-state index contributed by atoms with van der Waals surface area (Å²) in [5.74, 6) is -0.526. The molecule has 3 aromatic rings. The number of benzene rings is 1. The number of pyridine rings is 1. The van der Waals surface area contributed by atoms with Crippen molar-refractivity contribution in [2.45, 2.75) is 17.4 Å². The van der Waals surface area contributed by atoms with Gasteiger partial charge in [0.25, 0.3) is 5.91 Å². The van der Waals surface area contributed by atoms with Crippen molar-refractivity contribution in [3.63, 3.8) is 0 Å². The van der Waals surface area contributed by atoms with Crippen molar-refractivity contribution in [2.75, 3.05) is 38.2 Å². The van der Waals surface area contributed by atoms with E-state index in [9.17, 15) is 13.2 Å². The normalized spacial score (nSPS) is 16.8. The fourth-order valence-electron chi connectivity index (χ4n) is 3.63. The number of rotatable bonds is 6. The Morgan fingerprint density at radius 1 is 1.18 bits per heavy atom. The van der Waals surface area contributed by atoms with Crippen molar-refractivity contribution in [1.29, 1.82) is 0 Å². The minimum atomic E-state index is -3.59. The number of amides is 1. The van der Waals surface area contributed by atoms with E-state index >= 15 is 0 Å². The van der Waals surface area contributed by atoms with Gasteiger partial charge in [0, 0.05) is 30.9 Å². The van der Waals surface area contributed by atoms with Gasteiger partial charge >= 0.3 is 0 Å². The van der Waals surface area contributed by atoms with Gasteiger partial charge in [0.05, 0.1) is 28.7 Å². The molecule has 1 atom stereocenters. The maximum Gasteiger partial charge on any atom is 0.278 e. The quantitative estimate of drug-likeness (QED) is 0.559. The predicted molar refractivity (Wildman–Crippen MR) is 125 cm³/mol. The third kappa shape index (κ3) is 4.85. The molecule has 1 aliphatic rings. The van der Waals surface area contributed by atoms with Crippen LogP contribution in [0.1, 0.15) is 16.9 Å². The summed E-state index contributed by atoms with van der Waals surface area (Å²) in [6.07, 6.45) is 5.35. The smallest absolute Gasteiger partial charge is 0.278 e. The molecule has 0 aliphatic carbocycles. The molecule has 33 heavy (non-hydrogen) atoms. The first-order valence-corrected chi connectivity index (χ1v) is 11.8. The Kier molecular flexibility index (Phi) is 6.36. The highest BCUT2D eigenvalue weighted by Crippen LogP contribution is 2.26. The number of nitrogens with two attached hydrogens (primary N) is 1. The average molecular weight is 468 g/mol. The van der Waals surface area contributed by atoms with Gasteiger partial charge in [-0.15, -0.1) is 0 Å². The first-order valence-electron chi connectivity index (χ1n) is 10.4. The molecule has 172 valence electrons. The monoisotopic (exact) mass is 467 g/mol. The molecule has 1 saturated heterocycles. The minimum Gasteiger partial charge on any atom is -0.382 e. The van der Waals surface area contributed by atoms with Crippen LogP contribution >= 0.6 is 0 Å². The molecule has 3 heterocycles. The van der Waals surface area contributed by atoms with Gasteiger partial charge in [-0.1, -0.05) is 12.1 Å². The topological polar surface area (TPSA) is 134 Å². The predicted octanol–water partition coefficient (Wildman–Crippen LogP) is 1.70. The second-order valence-corrected chi connectivity index (χ2v) is 9.92. The van der Waals surface area contributed by atoms with Crippen LogP contribution in [-0.2, 0) is 10.0 Å². The molecule has 1 fully saturated rings. The van der Waals surface area contributed by atoms with Gasteiger partial charge < -0.3 is 16.0 Å². The van der Waals surface area contributed by atoms with Crippen LogP contribution in [0.25, 0.3) is 11.3 Å². The molecule has 3 N–H and O–H groups in total. The molecule has 11 heteroatoms. The van der Waals surface area contributed by atoms with Crippen molar-refractivity contribution in [3.05, 3.63) is 60.7 Å². The van der Waals surface area contributed by atoms with E-state index in [0.717, 1.165) is 6.42 Å². The van der Waals surface area contributed by atoms with E-state index in [1.807, 2.05) is 19.0 Å². The van der Waals surface area contributed by atoms with Crippen LogP contribution in [0.5, 0.6) is 0 Å². The van der Waals surface area contributed by atoms with E-state index in [4.69, 9.17) is 5.73 Å². The Labute approximate surface area is 192 Å². The van der Waals surface area contributed by atoms with Gasteiger partial charge in [0.1, 0.15) is 0 Å². The number of aromatic nitrogens is 3. The van der Waals surface area contributed by atoms with Crippen LogP contribution < -0.4 is 11.1 Å². The van der Waals surface area contributed by atoms with Crippen LogP contribution in [0.4, 0.5) is 11.5 Å². The van der Waals surface area contributed by atoms with Crippen LogP contribution in [0.3, 0.4) is 0 Å². The molecule has 0 bridgehead atoms. The maximum atomic E-state index is 13.0. The first-order chi connectivity index (χ1) is 15.8. The molecule has 0 saturated carbocycles. The average Bonchev–Trinajstić information content (AvgIpc) is 3.32. The lowest BCUT2D eigenvalue weighted by atomic mass is 10.1. The van der Waals surface area contributed by atoms with E-state index in [0.29, 0.717) is 30.0 Å². The number of hydrogen-bond acceptors (Lipinski definition) is 8. The molecule has 2 aromatic heterocycles. The lowest BCUT2D eigenvalue weighted by Gasteiger charge is -2.20. The molecule has 1 aliphatic heterocycles. The van der Waals surface area contributed by atoms with Gasteiger partial charge in [-0.25, -0.2) is 18.4 Å². The SMILES string of the molecule is CN(C)C1CCN(S(=O)(=O)c2ccc(-c3cnc(N)c(C(=O)Nc4cccnc4)n3)cc2)C1. The van der Waals surface area contributed by atoms with Gasteiger partial charge in [0.15, 0.2) is 11.5 Å². The number of anilines is 2. The lowest BCUT2D eigenvalue weighted by Crippen LogP contribution is -2.34. The molecule has 1 unspecified atom stereocenters. The van der Waals surface area contributed by atoms with Crippen LogP contribution in [0, 0.1) is 0 Å². The number of carbonyl (C=O) groups excluding carboxylic acids is 1. The van der Waals surface area contributed by atoms with E-state index in [-0.39, 0.29) is 22.4 Å². The zero-order chi connectivity index (χ0) is 23.6. The first kappa shape index (κ1) is 22.8. The Bertz CT molecular complexity index is 1250. The number of nitrogen functional groups attached to an aromatic ring is 1. The summed E-state index contributed by atoms with van der Waals surface area (Å²) in [4.78, 5) is 27.3. The highest BCUT2D eigenvalue weighted by atomic mass is 32.2. The zero-order valence-electron chi connectivity index (χ0n) is 18.3. The Balaban J connectivity index is 1.54. The molecule has 1 aromatic carbocycles. The van der Waals surface area contributed by atoms with Crippen LogP contribution in [-0.4, -0.2) is 71.7 Å². The Hall–Kier alpha value is -3.41. The maximum absolute atomic E-state index is 13.0. The summed E-state index contributed by atoms with van der Waals surface area (Å²) in [6.45, 7) is 0.960. The van der Waals surface area contributed by atoms with Gasteiger partial charge in [-0.2, -0.15) is 4.31 Å². The second-order valence-electron chi connectivity index (χ2n) is 7.98. The summed E-state index contributed by atoms with van der Waals surface area (Å²) in [7, 11) is 0.319. The summed E-state index contributed by atoms with van der Waals surface area (Å²) in [6, 6.07) is 9.98. The van der Waals surface area contributed by atoms with E-state index in [1.165, 1.54) is 16.7 Å². The number of sulfonamides is 1. The highest BCUT2D eigenvalue weighted by molar-refractivity contribution is 7.89. The number of nitrogens with one attached hydrogen (secondary N) is 1. The molecular formula is C22H25N7O3S. The van der Waals surface area contributed by atoms with Crippen molar-refractivity contribution in [3.8, 4) is 11.3 Å². The number of hydrogen-bond donors (Lipinski definition) is 2. The molecule has 10 nitrogen and oxygen atoms in total. The van der Waals surface area contributed by atoms with Gasteiger partial charge in [-0.05, 0) is 44.8 Å². The van der Waals surface area contributed by atoms with Crippen LogP contribution in [0.15, 0.2) is 59.9 Å². The van der Waals surface area contributed by atoms with E-state index in [1.54, 1.807) is 42.6 Å². The standard InChI is InChI=1S/C22H25N7O3S/c1-28(2)17-9-11-29(14-17)33(31,32)18-7-5-15(6-8-18)19-13-25-21(23)20(27-19)22(30)26-16-4-3-10-24-12-16/h3-8,10,12-13,17H,9,11,14H2,1-2H3,(H2,23,25)(H,26,30). The third-order valence-corrected chi connectivity index (χ3v) is 7.46. The third-order valence-electron chi connectivity index (χ3n) is 5.58. The Morgan fingerprint density at radius 3 is 2.58 bits per heavy atom. The minimum absolute atomic E-state index is 0.0104. The van der Waals surface area contributed by atoms with Gasteiger partial charge in [0.2, 0.25) is 10.0 Å². The molecule has 0 spiro atoms. The number of carbonyl (C=O) groups is 1. The lowest BCUT2D eigenvalue weighted by molar-refractivity contribution is 0.102. The van der Waals surface area contributed by atoms with Crippen LogP contribution in [0.2, 0.25) is 0 Å². The fourth-order valence-corrected chi connectivity index (χ4v) is 5.12. The van der Waals surface area contributed by atoms with E-state index < -0.39 is 15.9 Å². The second kappa shape index (κ2) is 9.22. The summed E-state index contributed by atoms with van der Waals surface area (Å²) >= 11 is 0. The largest absolute Gasteiger partial charge is 0.382 e. The molecule has 0 radical (unpaired) electrons. The van der Waals surface area contributed by atoms with Crippen molar-refractivity contribution in [1.82, 2.24) is 24.2 Å². The molecule has 4 rings (SSSR count). The summed E-state index contributed by atoms with van der Waals surface area (Å²) in [5, 5.41) is 2.68. The number of nitrogens with zero attached hydrogens (tertiary/aromatic N) is 5. The molecule has 1 amide bonds. The fraction of sp³-hybridized carbons (Fsp3) is 0.273. The zero-order valence-corrected chi connectivity index (χ0v) is 19.2. The Morgan fingerprint density at radius 2 is 1.94 bits per heavy atom. The van der Waals surface area contributed by atoms with E-state index in [2.05, 4.69) is 20.3 Å². The number of likely N-dealkylation sites (N-methyl/N-ethyl adjacent to an activating group) is 1. The van der Waals surface area contributed by atoms with Crippen molar-refractivity contribution < 1.29 is 13.2 Å². The summed E-state index contributed by atoms with van der Waals surface area (Å²) in [5.41, 5.74) is 7.36. The highest BCUT2D eigenvalue weighted by Gasteiger charge is 2.33. The summed E-state index contributed by atoms with van der Waals surface area (Å²) < 4.78 is 27.5. The molecular weight excluding hydrogens is 442 g/mol.